The third-order valence-electron chi connectivity index (χ3n) is 3.34. The van der Waals surface area contributed by atoms with E-state index in [0.29, 0.717) is 19.0 Å². The fourth-order valence-corrected chi connectivity index (χ4v) is 2.38. The molecule has 6 heteroatoms. The Morgan fingerprint density at radius 2 is 1.95 bits per heavy atom. The van der Waals surface area contributed by atoms with Gasteiger partial charge in [0.2, 0.25) is 0 Å². The van der Waals surface area contributed by atoms with Crippen molar-refractivity contribution in [1.82, 2.24) is 14.6 Å². The van der Waals surface area contributed by atoms with Gasteiger partial charge in [0.15, 0.2) is 5.82 Å². The largest absolute Gasteiger partial charge is 0.399 e. The molecule has 0 aliphatic rings. The van der Waals surface area contributed by atoms with Gasteiger partial charge >= 0.3 is 0 Å². The smallest absolute Gasteiger partial charge is 0.151 e. The Balaban J connectivity index is 2.23. The number of nitrogen functional groups attached to an aromatic ring is 2. The fourth-order valence-electron chi connectivity index (χ4n) is 2.38. The average Bonchev–Trinajstić information content (AvgIpc) is 2.86. The van der Waals surface area contributed by atoms with E-state index in [4.69, 9.17) is 16.2 Å². The Morgan fingerprint density at radius 3 is 2.67 bits per heavy atom. The van der Waals surface area contributed by atoms with E-state index in [0.717, 1.165) is 27.9 Å². The van der Waals surface area contributed by atoms with Gasteiger partial charge in [-0.1, -0.05) is 12.1 Å². The number of rotatable bonds is 4. The number of fused-ring (bicyclic) bond motifs is 1. The number of ether oxygens (including phenoxy) is 1. The van der Waals surface area contributed by atoms with Crippen LogP contribution in [0.15, 0.2) is 36.8 Å². The maximum Gasteiger partial charge on any atom is 0.151 e. The molecule has 108 valence electrons. The molecule has 3 rings (SSSR count). The summed E-state index contributed by atoms with van der Waals surface area (Å²) in [6.07, 6.45) is 3.37. The summed E-state index contributed by atoms with van der Waals surface area (Å²) in [6.45, 7) is 3.11. The van der Waals surface area contributed by atoms with Crippen molar-refractivity contribution in [2.45, 2.75) is 13.5 Å². The molecule has 0 unspecified atom stereocenters. The standard InChI is InChI=1S/C15H17N5O/c1-2-21-8-11-7-20-14(15(17)18-9-19-20)13(11)10-3-5-12(16)6-4-10/h3-7,9H,2,8,16H2,1H3,(H2,17,18,19). The molecule has 0 bridgehead atoms. The molecule has 0 spiro atoms. The lowest BCUT2D eigenvalue weighted by Crippen LogP contribution is -1.98. The van der Waals surface area contributed by atoms with Crippen molar-refractivity contribution in [1.29, 1.82) is 0 Å². The number of aromatic nitrogens is 3. The summed E-state index contributed by atoms with van der Waals surface area (Å²) >= 11 is 0. The minimum absolute atomic E-state index is 0.444. The van der Waals surface area contributed by atoms with Crippen molar-refractivity contribution < 1.29 is 4.74 Å². The van der Waals surface area contributed by atoms with Gasteiger partial charge < -0.3 is 16.2 Å². The molecule has 3 aromatic rings. The number of hydrogen-bond acceptors (Lipinski definition) is 5. The quantitative estimate of drug-likeness (QED) is 0.715. The maximum absolute atomic E-state index is 6.03. The van der Waals surface area contributed by atoms with Gasteiger partial charge in [-0.05, 0) is 24.6 Å². The van der Waals surface area contributed by atoms with Crippen LogP contribution in [0.2, 0.25) is 0 Å². The Morgan fingerprint density at radius 1 is 1.19 bits per heavy atom. The second-order valence-corrected chi connectivity index (χ2v) is 4.73. The molecule has 4 N–H and O–H groups in total. The van der Waals surface area contributed by atoms with Gasteiger partial charge in [-0.25, -0.2) is 9.50 Å². The first kappa shape index (κ1) is 13.4. The van der Waals surface area contributed by atoms with Crippen molar-refractivity contribution in [2.24, 2.45) is 0 Å². The monoisotopic (exact) mass is 283 g/mol. The van der Waals surface area contributed by atoms with Crippen LogP contribution in [0.3, 0.4) is 0 Å². The normalized spacial score (nSPS) is 11.1. The van der Waals surface area contributed by atoms with Gasteiger partial charge in [-0.2, -0.15) is 5.10 Å². The molecule has 0 fully saturated rings. The van der Waals surface area contributed by atoms with E-state index >= 15 is 0 Å². The predicted octanol–water partition coefficient (Wildman–Crippen LogP) is 2.10. The van der Waals surface area contributed by atoms with E-state index in [2.05, 4.69) is 10.1 Å². The highest BCUT2D eigenvalue weighted by atomic mass is 16.5. The zero-order valence-corrected chi connectivity index (χ0v) is 11.8. The Bertz CT molecular complexity index is 764. The first-order valence-electron chi connectivity index (χ1n) is 6.75. The molecule has 21 heavy (non-hydrogen) atoms. The van der Waals surface area contributed by atoms with Crippen molar-refractivity contribution in [2.75, 3.05) is 18.1 Å². The van der Waals surface area contributed by atoms with Crippen LogP contribution >= 0.6 is 0 Å². The zero-order chi connectivity index (χ0) is 14.8. The Labute approximate surface area is 122 Å². The third-order valence-corrected chi connectivity index (χ3v) is 3.34. The minimum Gasteiger partial charge on any atom is -0.399 e. The molecule has 0 aliphatic heterocycles. The second-order valence-electron chi connectivity index (χ2n) is 4.73. The fraction of sp³-hybridized carbons (Fsp3) is 0.200. The van der Waals surface area contributed by atoms with Crippen LogP contribution in [0, 0.1) is 0 Å². The summed E-state index contributed by atoms with van der Waals surface area (Å²) in [5.74, 6) is 0.444. The molecular weight excluding hydrogens is 266 g/mol. The zero-order valence-electron chi connectivity index (χ0n) is 11.8. The molecule has 2 aromatic heterocycles. The Hall–Kier alpha value is -2.60. The number of hydrogen-bond donors (Lipinski definition) is 2. The SMILES string of the molecule is CCOCc1cn2ncnc(N)c2c1-c1ccc(N)cc1. The minimum atomic E-state index is 0.444. The van der Waals surface area contributed by atoms with Crippen LogP contribution in [-0.2, 0) is 11.3 Å². The summed E-state index contributed by atoms with van der Waals surface area (Å²) in [5.41, 5.74) is 16.3. The lowest BCUT2D eigenvalue weighted by Gasteiger charge is -2.06. The van der Waals surface area contributed by atoms with Crippen LogP contribution in [0.4, 0.5) is 11.5 Å². The second kappa shape index (κ2) is 5.41. The van der Waals surface area contributed by atoms with Gasteiger partial charge in [0, 0.05) is 29.6 Å². The van der Waals surface area contributed by atoms with E-state index in [1.807, 2.05) is 37.4 Å². The van der Waals surface area contributed by atoms with Crippen molar-refractivity contribution >= 4 is 17.0 Å². The molecule has 1 aromatic carbocycles. The number of nitrogens with zero attached hydrogens (tertiary/aromatic N) is 3. The first-order chi connectivity index (χ1) is 10.2. The van der Waals surface area contributed by atoms with Crippen LogP contribution in [0.1, 0.15) is 12.5 Å². The number of nitrogens with two attached hydrogens (primary N) is 2. The molecule has 0 radical (unpaired) electrons. The van der Waals surface area contributed by atoms with Crippen LogP contribution < -0.4 is 11.5 Å². The van der Waals surface area contributed by atoms with Crippen molar-refractivity contribution in [3.8, 4) is 11.1 Å². The lowest BCUT2D eigenvalue weighted by molar-refractivity contribution is 0.134. The highest BCUT2D eigenvalue weighted by Gasteiger charge is 2.16. The highest BCUT2D eigenvalue weighted by Crippen LogP contribution is 2.33. The van der Waals surface area contributed by atoms with E-state index in [9.17, 15) is 0 Å². The van der Waals surface area contributed by atoms with Gasteiger partial charge in [0.05, 0.1) is 6.61 Å². The molecule has 6 nitrogen and oxygen atoms in total. The van der Waals surface area contributed by atoms with Crippen LogP contribution in [0.25, 0.3) is 16.6 Å². The van der Waals surface area contributed by atoms with E-state index in [1.165, 1.54) is 6.33 Å². The van der Waals surface area contributed by atoms with Gasteiger partial charge in [0.1, 0.15) is 11.8 Å². The third kappa shape index (κ3) is 2.41. The van der Waals surface area contributed by atoms with Crippen LogP contribution in [0.5, 0.6) is 0 Å². The molecule has 0 atom stereocenters. The molecule has 0 saturated carbocycles. The lowest BCUT2D eigenvalue weighted by atomic mass is 10.0. The average molecular weight is 283 g/mol. The summed E-state index contributed by atoms with van der Waals surface area (Å²) in [7, 11) is 0. The van der Waals surface area contributed by atoms with E-state index < -0.39 is 0 Å². The summed E-state index contributed by atoms with van der Waals surface area (Å²) in [4.78, 5) is 4.08. The molecule has 2 heterocycles. The van der Waals surface area contributed by atoms with Gasteiger partial charge in [0.25, 0.3) is 0 Å². The highest BCUT2D eigenvalue weighted by molar-refractivity contribution is 5.90. The van der Waals surface area contributed by atoms with Gasteiger partial charge in [-0.15, -0.1) is 0 Å². The summed E-state index contributed by atoms with van der Waals surface area (Å²) < 4.78 is 7.29. The summed E-state index contributed by atoms with van der Waals surface area (Å²) in [5, 5.41) is 4.22. The van der Waals surface area contributed by atoms with E-state index in [-0.39, 0.29) is 0 Å². The first-order valence-corrected chi connectivity index (χ1v) is 6.75. The molecule has 0 saturated heterocycles. The topological polar surface area (TPSA) is 91.5 Å². The van der Waals surface area contributed by atoms with Crippen molar-refractivity contribution in [3.05, 3.63) is 42.4 Å². The molecule has 0 amide bonds. The molecular formula is C15H17N5O. The van der Waals surface area contributed by atoms with Crippen molar-refractivity contribution in [3.63, 3.8) is 0 Å². The number of anilines is 2. The predicted molar refractivity (Wildman–Crippen MR) is 82.6 cm³/mol. The van der Waals surface area contributed by atoms with Crippen LogP contribution in [-0.4, -0.2) is 21.2 Å². The maximum atomic E-state index is 6.03. The van der Waals surface area contributed by atoms with E-state index in [1.54, 1.807) is 4.52 Å². The molecule has 0 aliphatic carbocycles. The Kier molecular flexibility index (Phi) is 3.45. The summed E-state index contributed by atoms with van der Waals surface area (Å²) in [6, 6.07) is 7.66. The number of benzene rings is 1. The van der Waals surface area contributed by atoms with Gasteiger partial charge in [-0.3, -0.25) is 0 Å².